The lowest BCUT2D eigenvalue weighted by molar-refractivity contribution is -0.118. The van der Waals surface area contributed by atoms with Gasteiger partial charge in [-0.05, 0) is 26.0 Å². The van der Waals surface area contributed by atoms with Crippen LogP contribution >= 0.6 is 0 Å². The van der Waals surface area contributed by atoms with Gasteiger partial charge in [0.15, 0.2) is 5.96 Å². The fourth-order valence-electron chi connectivity index (χ4n) is 2.13. The molecule has 0 unspecified atom stereocenters. The maximum Gasteiger partial charge on any atom is 0.226 e. The number of hydrogen-bond donors (Lipinski definition) is 3. The molecule has 2 aromatic rings. The zero-order valence-corrected chi connectivity index (χ0v) is 14.9. The first-order valence-corrected chi connectivity index (χ1v) is 8.36. The number of guanidine groups is 1. The maximum atomic E-state index is 10.9. The second-order valence-electron chi connectivity index (χ2n) is 5.61. The summed E-state index contributed by atoms with van der Waals surface area (Å²) in [5.41, 5.74) is 2.90. The SMILES string of the molecule is CCNC(=NCc1coc(-c2ccc(C)cc2)n1)NCCNC(C)=O. The molecule has 1 amide bonds. The molecule has 7 nitrogen and oxygen atoms in total. The molecule has 134 valence electrons. The van der Waals surface area contributed by atoms with E-state index in [-0.39, 0.29) is 5.91 Å². The maximum absolute atomic E-state index is 10.9. The Morgan fingerprint density at radius 2 is 1.88 bits per heavy atom. The van der Waals surface area contributed by atoms with E-state index in [2.05, 4.69) is 25.9 Å². The number of carbonyl (C=O) groups excluding carboxylic acids is 1. The van der Waals surface area contributed by atoms with Crippen molar-refractivity contribution in [2.45, 2.75) is 27.3 Å². The Labute approximate surface area is 147 Å². The minimum absolute atomic E-state index is 0.0463. The molecule has 2 rings (SSSR count). The van der Waals surface area contributed by atoms with Crippen LogP contribution in [0.15, 0.2) is 39.9 Å². The zero-order chi connectivity index (χ0) is 18.1. The van der Waals surface area contributed by atoms with Gasteiger partial charge in [0.25, 0.3) is 0 Å². The average molecular weight is 343 g/mol. The van der Waals surface area contributed by atoms with Gasteiger partial charge >= 0.3 is 0 Å². The lowest BCUT2D eigenvalue weighted by Crippen LogP contribution is -2.41. The van der Waals surface area contributed by atoms with Crippen molar-refractivity contribution in [2.24, 2.45) is 4.99 Å². The van der Waals surface area contributed by atoms with Crippen LogP contribution in [0, 0.1) is 6.92 Å². The van der Waals surface area contributed by atoms with E-state index < -0.39 is 0 Å². The Hall–Kier alpha value is -2.83. The van der Waals surface area contributed by atoms with Crippen molar-refractivity contribution in [3.05, 3.63) is 41.8 Å². The number of nitrogens with zero attached hydrogens (tertiary/aromatic N) is 2. The van der Waals surface area contributed by atoms with Crippen LogP contribution in [0.5, 0.6) is 0 Å². The number of benzene rings is 1. The van der Waals surface area contributed by atoms with Gasteiger partial charge < -0.3 is 20.4 Å². The summed E-state index contributed by atoms with van der Waals surface area (Å²) in [6, 6.07) is 8.03. The normalized spacial score (nSPS) is 11.2. The second-order valence-corrected chi connectivity index (χ2v) is 5.61. The first-order chi connectivity index (χ1) is 12.1. The fourth-order valence-corrected chi connectivity index (χ4v) is 2.13. The second kappa shape index (κ2) is 9.46. The van der Waals surface area contributed by atoms with Crippen LogP contribution in [0.4, 0.5) is 0 Å². The molecule has 0 atom stereocenters. The number of aryl methyl sites for hydroxylation is 1. The highest BCUT2D eigenvalue weighted by atomic mass is 16.3. The van der Waals surface area contributed by atoms with Crippen LogP contribution in [0.3, 0.4) is 0 Å². The molecule has 0 aliphatic rings. The molecule has 0 aliphatic heterocycles. The van der Waals surface area contributed by atoms with Crippen molar-refractivity contribution in [3.63, 3.8) is 0 Å². The van der Waals surface area contributed by atoms with E-state index in [1.165, 1.54) is 12.5 Å². The smallest absolute Gasteiger partial charge is 0.226 e. The lowest BCUT2D eigenvalue weighted by Gasteiger charge is -2.10. The number of rotatable bonds is 7. The third kappa shape index (κ3) is 6.29. The highest BCUT2D eigenvalue weighted by molar-refractivity contribution is 5.79. The van der Waals surface area contributed by atoms with Crippen LogP contribution in [0.2, 0.25) is 0 Å². The number of oxazole rings is 1. The summed E-state index contributed by atoms with van der Waals surface area (Å²) in [7, 11) is 0. The number of aromatic nitrogens is 1. The van der Waals surface area contributed by atoms with Gasteiger partial charge in [0.2, 0.25) is 11.8 Å². The van der Waals surface area contributed by atoms with Gasteiger partial charge in [-0.2, -0.15) is 0 Å². The van der Waals surface area contributed by atoms with Gasteiger partial charge in [0.05, 0.1) is 6.54 Å². The van der Waals surface area contributed by atoms with Crippen molar-refractivity contribution in [1.29, 1.82) is 0 Å². The van der Waals surface area contributed by atoms with Crippen LogP contribution in [0.25, 0.3) is 11.5 Å². The first-order valence-electron chi connectivity index (χ1n) is 8.36. The highest BCUT2D eigenvalue weighted by Crippen LogP contribution is 2.19. The topological polar surface area (TPSA) is 91.6 Å². The van der Waals surface area contributed by atoms with Crippen molar-refractivity contribution in [3.8, 4) is 11.5 Å². The standard InChI is InChI=1S/C18H25N5O2/c1-4-19-18(21-10-9-20-14(3)24)22-11-16-12-25-17(23-16)15-7-5-13(2)6-8-15/h5-8,12H,4,9-11H2,1-3H3,(H,20,24)(H2,19,21,22). The molecule has 0 saturated heterocycles. The van der Waals surface area contributed by atoms with Gasteiger partial charge in [0, 0.05) is 32.1 Å². The van der Waals surface area contributed by atoms with Gasteiger partial charge in [-0.1, -0.05) is 17.7 Å². The number of hydrogen-bond acceptors (Lipinski definition) is 4. The fraction of sp³-hybridized carbons (Fsp3) is 0.389. The summed E-state index contributed by atoms with van der Waals surface area (Å²) in [6.45, 7) is 7.83. The molecular weight excluding hydrogens is 318 g/mol. The van der Waals surface area contributed by atoms with E-state index in [0.29, 0.717) is 31.5 Å². The number of amides is 1. The molecule has 0 bridgehead atoms. The quantitative estimate of drug-likeness (QED) is 0.405. The Bertz CT molecular complexity index is 707. The van der Waals surface area contributed by atoms with Crippen LogP contribution in [-0.4, -0.2) is 36.5 Å². The van der Waals surface area contributed by atoms with Crippen LogP contribution in [-0.2, 0) is 11.3 Å². The molecular formula is C18H25N5O2. The van der Waals surface area contributed by atoms with Crippen molar-refractivity contribution in [2.75, 3.05) is 19.6 Å². The molecule has 0 saturated carbocycles. The van der Waals surface area contributed by atoms with Crippen molar-refractivity contribution in [1.82, 2.24) is 20.9 Å². The first kappa shape index (κ1) is 18.5. The predicted molar refractivity (Wildman–Crippen MR) is 98.2 cm³/mol. The Kier molecular flexibility index (Phi) is 7.00. The summed E-state index contributed by atoms with van der Waals surface area (Å²) in [5, 5.41) is 9.04. The summed E-state index contributed by atoms with van der Waals surface area (Å²) < 4.78 is 5.54. The van der Waals surface area contributed by atoms with E-state index >= 15 is 0 Å². The third-order valence-corrected chi connectivity index (χ3v) is 3.39. The van der Waals surface area contributed by atoms with E-state index in [4.69, 9.17) is 4.42 Å². The molecule has 0 radical (unpaired) electrons. The summed E-state index contributed by atoms with van der Waals surface area (Å²) in [5.74, 6) is 1.22. The van der Waals surface area contributed by atoms with E-state index in [1.807, 2.05) is 38.1 Å². The Morgan fingerprint density at radius 3 is 2.56 bits per heavy atom. The average Bonchev–Trinajstić information content (AvgIpc) is 3.06. The van der Waals surface area contributed by atoms with Gasteiger partial charge in [-0.25, -0.2) is 9.98 Å². The van der Waals surface area contributed by atoms with Crippen LogP contribution in [0.1, 0.15) is 25.1 Å². The minimum Gasteiger partial charge on any atom is -0.444 e. The van der Waals surface area contributed by atoms with Crippen molar-refractivity contribution < 1.29 is 9.21 Å². The number of aliphatic imine (C=N–C) groups is 1. The highest BCUT2D eigenvalue weighted by Gasteiger charge is 2.06. The van der Waals surface area contributed by atoms with Crippen LogP contribution < -0.4 is 16.0 Å². The minimum atomic E-state index is -0.0463. The van der Waals surface area contributed by atoms with E-state index in [0.717, 1.165) is 17.8 Å². The molecule has 0 spiro atoms. The molecule has 1 aromatic carbocycles. The third-order valence-electron chi connectivity index (χ3n) is 3.39. The van der Waals surface area contributed by atoms with E-state index in [1.54, 1.807) is 6.26 Å². The summed E-state index contributed by atoms with van der Waals surface area (Å²) in [4.78, 5) is 19.8. The van der Waals surface area contributed by atoms with E-state index in [9.17, 15) is 4.79 Å². The number of carbonyl (C=O) groups is 1. The van der Waals surface area contributed by atoms with Gasteiger partial charge in [-0.15, -0.1) is 0 Å². The number of nitrogens with one attached hydrogen (secondary N) is 3. The monoisotopic (exact) mass is 343 g/mol. The molecule has 1 aromatic heterocycles. The Morgan fingerprint density at radius 1 is 1.16 bits per heavy atom. The van der Waals surface area contributed by atoms with Crippen molar-refractivity contribution >= 4 is 11.9 Å². The largest absolute Gasteiger partial charge is 0.444 e. The molecule has 0 aliphatic carbocycles. The molecule has 3 N–H and O–H groups in total. The lowest BCUT2D eigenvalue weighted by atomic mass is 10.1. The molecule has 1 heterocycles. The summed E-state index contributed by atoms with van der Waals surface area (Å²) >= 11 is 0. The summed E-state index contributed by atoms with van der Waals surface area (Å²) in [6.07, 6.45) is 1.62. The molecule has 0 fully saturated rings. The Balaban J connectivity index is 1.93. The zero-order valence-electron chi connectivity index (χ0n) is 14.9. The molecule has 25 heavy (non-hydrogen) atoms. The predicted octanol–water partition coefficient (Wildman–Crippen LogP) is 1.84. The van der Waals surface area contributed by atoms with Gasteiger partial charge in [0.1, 0.15) is 12.0 Å². The molecule has 7 heteroatoms. The van der Waals surface area contributed by atoms with Gasteiger partial charge in [-0.3, -0.25) is 4.79 Å².